The lowest BCUT2D eigenvalue weighted by atomic mass is 9.72. The molecule has 1 N–H and O–H groups in total. The zero-order valence-electron chi connectivity index (χ0n) is 19.6. The van der Waals surface area contributed by atoms with Gasteiger partial charge in [-0.2, -0.15) is 0 Å². The van der Waals surface area contributed by atoms with Gasteiger partial charge >= 0.3 is 0 Å². The molecule has 3 aliphatic rings. The first kappa shape index (κ1) is 21.4. The average Bonchev–Trinajstić information content (AvgIpc) is 3.27. The van der Waals surface area contributed by atoms with Crippen LogP contribution < -0.4 is 10.2 Å². The van der Waals surface area contributed by atoms with Crippen molar-refractivity contribution in [3.05, 3.63) is 59.1 Å². The van der Waals surface area contributed by atoms with Crippen LogP contribution in [0, 0.1) is 0 Å². The predicted octanol–water partition coefficient (Wildman–Crippen LogP) is 7.28. The lowest BCUT2D eigenvalue weighted by Crippen LogP contribution is -2.72. The number of benzene rings is 2. The summed E-state index contributed by atoms with van der Waals surface area (Å²) in [7, 11) is 0. The van der Waals surface area contributed by atoms with Crippen LogP contribution in [0.1, 0.15) is 74.8 Å². The van der Waals surface area contributed by atoms with Crippen molar-refractivity contribution in [1.29, 1.82) is 0 Å². The summed E-state index contributed by atoms with van der Waals surface area (Å²) in [4.78, 5) is 7.45. The van der Waals surface area contributed by atoms with E-state index in [2.05, 4.69) is 70.9 Å². The smallest absolute Gasteiger partial charge is 0.117 e. The standard InChI is InChI=1S/C29H35N3S/c1-5-17-28(18-6-1)21-32(22-29(31-28)19-7-2-8-20-29)24-14-11-23(12-15-24)13-16-27-30-25-9-3-4-10-26(25)33-27/h3-4,9-16,31H,1-2,5-8,17-22H2/b16-13+. The second-order valence-corrected chi connectivity index (χ2v) is 11.7. The highest BCUT2D eigenvalue weighted by Gasteiger charge is 2.47. The number of fused-ring (bicyclic) bond motifs is 1. The lowest BCUT2D eigenvalue weighted by molar-refractivity contribution is 0.0975. The highest BCUT2D eigenvalue weighted by Crippen LogP contribution is 2.41. The van der Waals surface area contributed by atoms with Crippen LogP contribution in [0.25, 0.3) is 22.4 Å². The molecule has 0 bridgehead atoms. The molecule has 3 fully saturated rings. The second-order valence-electron chi connectivity index (χ2n) is 10.6. The summed E-state index contributed by atoms with van der Waals surface area (Å²) in [5, 5.41) is 5.36. The van der Waals surface area contributed by atoms with Gasteiger partial charge in [-0.25, -0.2) is 4.98 Å². The third kappa shape index (κ3) is 4.48. The number of hydrogen-bond donors (Lipinski definition) is 1. The molecule has 3 nitrogen and oxygen atoms in total. The van der Waals surface area contributed by atoms with Crippen molar-refractivity contribution in [3.63, 3.8) is 0 Å². The van der Waals surface area contributed by atoms with Crippen LogP contribution in [-0.2, 0) is 0 Å². The number of nitrogens with zero attached hydrogens (tertiary/aromatic N) is 2. The Morgan fingerprint density at radius 2 is 1.39 bits per heavy atom. The number of rotatable bonds is 3. The number of nitrogens with one attached hydrogen (secondary N) is 1. The summed E-state index contributed by atoms with van der Waals surface area (Å²) < 4.78 is 1.25. The van der Waals surface area contributed by atoms with Gasteiger partial charge in [0.2, 0.25) is 0 Å². The van der Waals surface area contributed by atoms with Gasteiger partial charge in [0.1, 0.15) is 5.01 Å². The van der Waals surface area contributed by atoms with E-state index < -0.39 is 0 Å². The summed E-state index contributed by atoms with van der Waals surface area (Å²) in [6.07, 6.45) is 18.1. The fourth-order valence-electron chi connectivity index (χ4n) is 6.56. The first-order valence-electron chi connectivity index (χ1n) is 12.9. The number of aromatic nitrogens is 1. The molecule has 4 heteroatoms. The number of hydrogen-bond acceptors (Lipinski definition) is 4. The minimum atomic E-state index is 0.319. The molecule has 0 amide bonds. The Kier molecular flexibility index (Phi) is 5.75. The van der Waals surface area contributed by atoms with E-state index in [1.165, 1.54) is 80.2 Å². The summed E-state index contributed by atoms with van der Waals surface area (Å²) in [5.74, 6) is 0. The molecule has 172 valence electrons. The monoisotopic (exact) mass is 457 g/mol. The average molecular weight is 458 g/mol. The first-order chi connectivity index (χ1) is 16.2. The van der Waals surface area contributed by atoms with Crippen LogP contribution in [0.5, 0.6) is 0 Å². The SMILES string of the molecule is C(=C\c1nc2ccccc2s1)/c1ccc(N2CC3(CCCCC3)NC3(CCCCC3)C2)cc1. The van der Waals surface area contributed by atoms with Crippen molar-refractivity contribution >= 4 is 39.4 Å². The number of anilines is 1. The summed E-state index contributed by atoms with van der Waals surface area (Å²) >= 11 is 1.75. The molecule has 0 radical (unpaired) electrons. The van der Waals surface area contributed by atoms with Crippen molar-refractivity contribution in [2.24, 2.45) is 0 Å². The van der Waals surface area contributed by atoms with Crippen LogP contribution in [0.4, 0.5) is 5.69 Å². The van der Waals surface area contributed by atoms with Gasteiger partial charge in [0.05, 0.1) is 10.2 Å². The van der Waals surface area contributed by atoms with Crippen LogP contribution in [0.2, 0.25) is 0 Å². The zero-order chi connectivity index (χ0) is 22.1. The maximum atomic E-state index is 4.73. The van der Waals surface area contributed by atoms with E-state index in [-0.39, 0.29) is 0 Å². The number of piperazine rings is 1. The molecule has 1 aromatic heterocycles. The Bertz CT molecular complexity index is 1060. The van der Waals surface area contributed by atoms with Crippen LogP contribution in [0.15, 0.2) is 48.5 Å². The zero-order valence-corrected chi connectivity index (χ0v) is 20.4. The van der Waals surface area contributed by atoms with E-state index in [0.717, 1.165) is 23.6 Å². The highest BCUT2D eigenvalue weighted by atomic mass is 32.1. The fraction of sp³-hybridized carbons (Fsp3) is 0.483. The topological polar surface area (TPSA) is 28.2 Å². The van der Waals surface area contributed by atoms with Gasteiger partial charge in [0.25, 0.3) is 0 Å². The maximum absolute atomic E-state index is 4.73. The normalized spacial score (nSPS) is 22.5. The molecule has 2 heterocycles. The molecular weight excluding hydrogens is 422 g/mol. The van der Waals surface area contributed by atoms with Crippen LogP contribution >= 0.6 is 11.3 Å². The van der Waals surface area contributed by atoms with Gasteiger partial charge < -0.3 is 10.2 Å². The van der Waals surface area contributed by atoms with Gasteiger partial charge in [0, 0.05) is 29.9 Å². The second kappa shape index (κ2) is 8.88. The van der Waals surface area contributed by atoms with Crippen molar-refractivity contribution in [3.8, 4) is 0 Å². The largest absolute Gasteiger partial charge is 0.368 e. The third-order valence-electron chi connectivity index (χ3n) is 8.13. The van der Waals surface area contributed by atoms with Gasteiger partial charge in [-0.05, 0) is 61.6 Å². The quantitative estimate of drug-likeness (QED) is 0.448. The molecular formula is C29H35N3S. The molecule has 6 rings (SSSR count). The molecule has 0 unspecified atom stereocenters. The van der Waals surface area contributed by atoms with Gasteiger partial charge in [-0.15, -0.1) is 11.3 Å². The minimum absolute atomic E-state index is 0.319. The molecule has 2 aromatic carbocycles. The maximum Gasteiger partial charge on any atom is 0.117 e. The molecule has 2 saturated carbocycles. The van der Waals surface area contributed by atoms with Gasteiger partial charge in [-0.3, -0.25) is 0 Å². The van der Waals surface area contributed by atoms with Gasteiger partial charge in [-0.1, -0.05) is 68.9 Å². The summed E-state index contributed by atoms with van der Waals surface area (Å²) in [5.41, 5.74) is 4.36. The van der Waals surface area contributed by atoms with E-state index in [9.17, 15) is 0 Å². The molecule has 33 heavy (non-hydrogen) atoms. The van der Waals surface area contributed by atoms with E-state index >= 15 is 0 Å². The summed E-state index contributed by atoms with van der Waals surface area (Å²) in [6.45, 7) is 2.32. The molecule has 2 spiro atoms. The Morgan fingerprint density at radius 3 is 2.03 bits per heavy atom. The van der Waals surface area contributed by atoms with E-state index in [1.807, 2.05) is 0 Å². The van der Waals surface area contributed by atoms with Gasteiger partial charge in [0.15, 0.2) is 0 Å². The third-order valence-corrected chi connectivity index (χ3v) is 9.13. The number of para-hydroxylation sites is 1. The minimum Gasteiger partial charge on any atom is -0.368 e. The Balaban J connectivity index is 1.21. The molecule has 3 aromatic rings. The van der Waals surface area contributed by atoms with Crippen LogP contribution in [0.3, 0.4) is 0 Å². The highest BCUT2D eigenvalue weighted by molar-refractivity contribution is 7.19. The van der Waals surface area contributed by atoms with Crippen molar-refractivity contribution in [2.75, 3.05) is 18.0 Å². The fourth-order valence-corrected chi connectivity index (χ4v) is 7.43. The van der Waals surface area contributed by atoms with Crippen molar-refractivity contribution in [2.45, 2.75) is 75.3 Å². The Labute approximate surface area is 201 Å². The van der Waals surface area contributed by atoms with E-state index in [4.69, 9.17) is 4.98 Å². The Morgan fingerprint density at radius 1 is 0.758 bits per heavy atom. The predicted molar refractivity (Wildman–Crippen MR) is 142 cm³/mol. The van der Waals surface area contributed by atoms with E-state index in [1.54, 1.807) is 11.3 Å². The molecule has 1 aliphatic heterocycles. The Hall–Kier alpha value is -2.17. The van der Waals surface area contributed by atoms with Crippen molar-refractivity contribution < 1.29 is 0 Å². The lowest BCUT2D eigenvalue weighted by Gasteiger charge is -2.57. The number of thiazole rings is 1. The van der Waals surface area contributed by atoms with Crippen molar-refractivity contribution in [1.82, 2.24) is 10.3 Å². The molecule has 1 saturated heterocycles. The summed E-state index contributed by atoms with van der Waals surface area (Å²) in [6, 6.07) is 17.6. The van der Waals surface area contributed by atoms with E-state index in [0.29, 0.717) is 11.1 Å². The first-order valence-corrected chi connectivity index (χ1v) is 13.7. The van der Waals surface area contributed by atoms with Crippen LogP contribution in [-0.4, -0.2) is 29.2 Å². The molecule has 2 aliphatic carbocycles. The molecule has 0 atom stereocenters.